The van der Waals surface area contributed by atoms with E-state index >= 15 is 0 Å². The molecule has 0 aliphatic rings. The quantitative estimate of drug-likeness (QED) is 0.838. The normalized spacial score (nSPS) is 11.2. The maximum Gasteiger partial charge on any atom is 0.573 e. The van der Waals surface area contributed by atoms with Crippen LogP contribution in [0.15, 0.2) is 6.07 Å². The number of nitrogens with zero attached hydrogens (tertiary/aromatic N) is 1. The van der Waals surface area contributed by atoms with E-state index in [9.17, 15) is 18.0 Å². The highest BCUT2D eigenvalue weighted by atomic mass is 19.4. The lowest BCUT2D eigenvalue weighted by atomic mass is 10.1. The van der Waals surface area contributed by atoms with Crippen LogP contribution in [0, 0.1) is 6.92 Å². The van der Waals surface area contributed by atoms with Gasteiger partial charge in [-0.1, -0.05) is 0 Å². The molecular weight excluding hydrogens is 253 g/mol. The predicted molar refractivity (Wildman–Crippen MR) is 54.9 cm³/mol. The second kappa shape index (κ2) is 5.21. The van der Waals surface area contributed by atoms with Gasteiger partial charge in [-0.3, -0.25) is 4.98 Å². The molecule has 0 saturated heterocycles. The zero-order chi connectivity index (χ0) is 13.9. The molecule has 0 bridgehead atoms. The summed E-state index contributed by atoms with van der Waals surface area (Å²) in [6.45, 7) is 1.22. The lowest BCUT2D eigenvalue weighted by Gasteiger charge is -2.14. The van der Waals surface area contributed by atoms with Gasteiger partial charge >= 0.3 is 12.3 Å². The third-order valence-electron chi connectivity index (χ3n) is 2.08. The summed E-state index contributed by atoms with van der Waals surface area (Å²) in [4.78, 5) is 15.1. The van der Waals surface area contributed by atoms with Gasteiger partial charge in [0.1, 0.15) is 0 Å². The first-order chi connectivity index (χ1) is 8.28. The highest BCUT2D eigenvalue weighted by Gasteiger charge is 2.33. The lowest BCUT2D eigenvalue weighted by Crippen LogP contribution is -2.20. The molecule has 5 nitrogen and oxygen atoms in total. The predicted octanol–water partition coefficient (Wildman–Crippen LogP) is 1.53. The van der Waals surface area contributed by atoms with Gasteiger partial charge < -0.3 is 15.2 Å². The zero-order valence-corrected chi connectivity index (χ0v) is 9.67. The molecule has 18 heavy (non-hydrogen) atoms. The van der Waals surface area contributed by atoms with Crippen molar-refractivity contribution in [2.24, 2.45) is 5.73 Å². The number of hydrogen-bond donors (Lipinski definition) is 1. The third-order valence-corrected chi connectivity index (χ3v) is 2.08. The number of aromatic nitrogens is 1. The highest BCUT2D eigenvalue weighted by molar-refractivity contribution is 5.91. The molecule has 0 aliphatic heterocycles. The van der Waals surface area contributed by atoms with Gasteiger partial charge in [-0.25, -0.2) is 4.79 Å². The molecule has 0 atom stereocenters. The minimum absolute atomic E-state index is 0.0857. The molecule has 2 N–H and O–H groups in total. The number of alkyl halides is 3. The monoisotopic (exact) mass is 264 g/mol. The number of methoxy groups -OCH3 is 1. The van der Waals surface area contributed by atoms with Crippen molar-refractivity contribution >= 4 is 5.97 Å². The summed E-state index contributed by atoms with van der Waals surface area (Å²) in [6.07, 6.45) is -4.88. The number of pyridine rings is 1. The Kier molecular flexibility index (Phi) is 4.12. The topological polar surface area (TPSA) is 74.4 Å². The molecule has 0 radical (unpaired) electrons. The maximum absolute atomic E-state index is 12.2. The smallest absolute Gasteiger partial charge is 0.465 e. The Morgan fingerprint density at radius 1 is 1.50 bits per heavy atom. The van der Waals surface area contributed by atoms with Crippen LogP contribution in [0.2, 0.25) is 0 Å². The second-order valence-electron chi connectivity index (χ2n) is 3.31. The molecule has 100 valence electrons. The molecule has 0 aromatic carbocycles. The van der Waals surface area contributed by atoms with Gasteiger partial charge in [0.25, 0.3) is 0 Å². The van der Waals surface area contributed by atoms with E-state index in [1.807, 2.05) is 0 Å². The van der Waals surface area contributed by atoms with Crippen molar-refractivity contribution in [1.29, 1.82) is 0 Å². The first-order valence-corrected chi connectivity index (χ1v) is 4.83. The van der Waals surface area contributed by atoms with Gasteiger partial charge in [-0.05, 0) is 13.0 Å². The molecule has 0 amide bonds. The van der Waals surface area contributed by atoms with Gasteiger partial charge in [-0.2, -0.15) is 0 Å². The number of rotatable bonds is 3. The molecule has 1 aromatic rings. The summed E-state index contributed by atoms with van der Waals surface area (Å²) in [5.41, 5.74) is 5.30. The summed E-state index contributed by atoms with van der Waals surface area (Å²) < 4.78 is 44.7. The highest BCUT2D eigenvalue weighted by Crippen LogP contribution is 2.27. The van der Waals surface area contributed by atoms with Gasteiger partial charge in [0.05, 0.1) is 24.1 Å². The molecular formula is C10H11F3N2O3. The van der Waals surface area contributed by atoms with Crippen LogP contribution in [0.3, 0.4) is 0 Å². The van der Waals surface area contributed by atoms with Crippen molar-refractivity contribution in [2.75, 3.05) is 7.11 Å². The number of halogens is 3. The number of ether oxygens (including phenoxy) is 2. The Balaban J connectivity index is 3.26. The maximum atomic E-state index is 12.2. The molecule has 0 spiro atoms. The minimum Gasteiger partial charge on any atom is -0.465 e. The fourth-order valence-electron chi connectivity index (χ4n) is 1.31. The summed E-state index contributed by atoms with van der Waals surface area (Å²) in [7, 11) is 1.11. The van der Waals surface area contributed by atoms with E-state index in [0.717, 1.165) is 13.2 Å². The van der Waals surface area contributed by atoms with Crippen molar-refractivity contribution in [3.05, 3.63) is 23.0 Å². The zero-order valence-electron chi connectivity index (χ0n) is 9.67. The van der Waals surface area contributed by atoms with Crippen LogP contribution >= 0.6 is 0 Å². The van der Waals surface area contributed by atoms with Crippen LogP contribution in [0.25, 0.3) is 0 Å². The Morgan fingerprint density at radius 2 is 2.11 bits per heavy atom. The average Bonchev–Trinajstić information content (AvgIpc) is 2.28. The van der Waals surface area contributed by atoms with E-state index in [1.165, 1.54) is 6.92 Å². The van der Waals surface area contributed by atoms with Crippen LogP contribution in [-0.4, -0.2) is 24.4 Å². The van der Waals surface area contributed by atoms with Crippen molar-refractivity contribution in [2.45, 2.75) is 19.8 Å². The SMILES string of the molecule is COC(=O)c1cc(OC(F)(F)F)c(CN)nc1C. The van der Waals surface area contributed by atoms with E-state index in [0.29, 0.717) is 0 Å². The average molecular weight is 264 g/mol. The van der Waals surface area contributed by atoms with Crippen molar-refractivity contribution in [3.63, 3.8) is 0 Å². The Labute approximate surface area is 101 Å². The Hall–Kier alpha value is -1.83. The standard InChI is InChI=1S/C10H11F3N2O3/c1-5-6(9(16)17-2)3-8(7(4-14)15-5)18-10(11,12)13/h3H,4,14H2,1-2H3. The van der Waals surface area contributed by atoms with Crippen molar-refractivity contribution in [3.8, 4) is 5.75 Å². The van der Waals surface area contributed by atoms with E-state index in [-0.39, 0.29) is 23.5 Å². The van der Waals surface area contributed by atoms with Crippen LogP contribution in [-0.2, 0) is 11.3 Å². The van der Waals surface area contributed by atoms with E-state index in [4.69, 9.17) is 5.73 Å². The second-order valence-corrected chi connectivity index (χ2v) is 3.31. The summed E-state index contributed by atoms with van der Waals surface area (Å²) in [6, 6.07) is 0.920. The molecule has 1 heterocycles. The molecule has 0 saturated carbocycles. The summed E-state index contributed by atoms with van der Waals surface area (Å²) in [5, 5.41) is 0. The van der Waals surface area contributed by atoms with Crippen LogP contribution in [0.1, 0.15) is 21.7 Å². The first-order valence-electron chi connectivity index (χ1n) is 4.83. The van der Waals surface area contributed by atoms with E-state index in [1.54, 1.807) is 0 Å². The number of esters is 1. The van der Waals surface area contributed by atoms with Gasteiger partial charge in [-0.15, -0.1) is 13.2 Å². The van der Waals surface area contributed by atoms with E-state index < -0.39 is 18.1 Å². The fourth-order valence-corrected chi connectivity index (χ4v) is 1.31. The minimum atomic E-state index is -4.88. The fraction of sp³-hybridized carbons (Fsp3) is 0.400. The number of aryl methyl sites for hydroxylation is 1. The molecule has 8 heteroatoms. The summed E-state index contributed by atoms with van der Waals surface area (Å²) in [5.74, 6) is -1.40. The number of hydrogen-bond acceptors (Lipinski definition) is 5. The number of carbonyl (C=O) groups excluding carboxylic acids is 1. The van der Waals surface area contributed by atoms with Crippen LogP contribution < -0.4 is 10.5 Å². The van der Waals surface area contributed by atoms with Gasteiger partial charge in [0.2, 0.25) is 0 Å². The Morgan fingerprint density at radius 3 is 2.56 bits per heavy atom. The molecule has 0 aliphatic carbocycles. The van der Waals surface area contributed by atoms with Gasteiger partial charge in [0.15, 0.2) is 5.75 Å². The first kappa shape index (κ1) is 14.2. The summed E-state index contributed by atoms with van der Waals surface area (Å²) >= 11 is 0. The number of nitrogens with two attached hydrogens (primary N) is 1. The molecule has 0 fully saturated rings. The molecule has 1 aromatic heterocycles. The lowest BCUT2D eigenvalue weighted by molar-refractivity contribution is -0.275. The number of carbonyl (C=O) groups is 1. The third kappa shape index (κ3) is 3.33. The molecule has 1 rings (SSSR count). The van der Waals surface area contributed by atoms with Crippen molar-refractivity contribution in [1.82, 2.24) is 4.98 Å². The van der Waals surface area contributed by atoms with Crippen LogP contribution in [0.4, 0.5) is 13.2 Å². The van der Waals surface area contributed by atoms with Crippen LogP contribution in [0.5, 0.6) is 5.75 Å². The largest absolute Gasteiger partial charge is 0.573 e. The van der Waals surface area contributed by atoms with Gasteiger partial charge in [0, 0.05) is 6.54 Å². The molecule has 0 unspecified atom stereocenters. The Bertz CT molecular complexity index is 460. The van der Waals surface area contributed by atoms with E-state index in [2.05, 4.69) is 14.5 Å². The van der Waals surface area contributed by atoms with Crippen molar-refractivity contribution < 1.29 is 27.4 Å².